The Hall–Kier alpha value is -0.830. The van der Waals surface area contributed by atoms with Crippen LogP contribution in [0.3, 0.4) is 0 Å². The Morgan fingerprint density at radius 3 is 2.91 bits per heavy atom. The molecule has 0 bridgehead atoms. The number of hydrogen-bond acceptors (Lipinski definition) is 3. The molecule has 0 aromatic carbocycles. The summed E-state index contributed by atoms with van der Waals surface area (Å²) >= 11 is 0. The minimum absolute atomic E-state index is 0.409. The van der Waals surface area contributed by atoms with Gasteiger partial charge < -0.3 is 10.2 Å². The van der Waals surface area contributed by atoms with E-state index in [1.165, 1.54) is 19.3 Å². The molecule has 1 aliphatic carbocycles. The summed E-state index contributed by atoms with van der Waals surface area (Å²) in [4.78, 5) is 4.26. The molecule has 1 heterocycles. The summed E-state index contributed by atoms with van der Waals surface area (Å²) in [6, 6.07) is 0. The van der Waals surface area contributed by atoms with Crippen molar-refractivity contribution in [2.24, 2.45) is 5.73 Å². The Morgan fingerprint density at radius 1 is 1.64 bits per heavy atom. The molecule has 0 saturated heterocycles. The smallest absolute Gasteiger partial charge is 0.207 e. The lowest BCUT2D eigenvalue weighted by atomic mass is 9.83. The third-order valence-electron chi connectivity index (χ3n) is 2.27. The monoisotopic (exact) mass is 152 g/mol. The summed E-state index contributed by atoms with van der Waals surface area (Å²) in [7, 11) is 0. The van der Waals surface area contributed by atoms with Crippen LogP contribution >= 0.6 is 0 Å². The second kappa shape index (κ2) is 2.66. The van der Waals surface area contributed by atoms with Crippen LogP contribution in [-0.4, -0.2) is 4.98 Å². The fourth-order valence-corrected chi connectivity index (χ4v) is 1.31. The molecule has 0 spiro atoms. The minimum atomic E-state index is 0.409. The highest BCUT2D eigenvalue weighted by Crippen LogP contribution is 2.35. The number of nitrogens with zero attached hydrogens (tertiary/aromatic N) is 1. The summed E-state index contributed by atoms with van der Waals surface area (Å²) in [5.74, 6) is 1.31. The van der Waals surface area contributed by atoms with Gasteiger partial charge in [-0.2, -0.15) is 0 Å². The van der Waals surface area contributed by atoms with E-state index < -0.39 is 0 Å². The summed E-state index contributed by atoms with van der Waals surface area (Å²) < 4.78 is 5.13. The van der Waals surface area contributed by atoms with Crippen molar-refractivity contribution in [2.45, 2.75) is 31.7 Å². The zero-order chi connectivity index (χ0) is 7.68. The fraction of sp³-hybridized carbons (Fsp3) is 0.625. The predicted octanol–water partition coefficient (Wildman–Crippen LogP) is 1.40. The van der Waals surface area contributed by atoms with Gasteiger partial charge in [0.05, 0.1) is 12.2 Å². The van der Waals surface area contributed by atoms with Crippen molar-refractivity contribution in [3.05, 3.63) is 17.8 Å². The van der Waals surface area contributed by atoms with Crippen LogP contribution in [0.2, 0.25) is 0 Å². The molecule has 0 radical (unpaired) electrons. The van der Waals surface area contributed by atoms with E-state index in [9.17, 15) is 0 Å². The van der Waals surface area contributed by atoms with E-state index in [-0.39, 0.29) is 0 Å². The Labute approximate surface area is 65.6 Å². The van der Waals surface area contributed by atoms with E-state index in [1.54, 1.807) is 6.26 Å². The molecule has 0 amide bonds. The van der Waals surface area contributed by atoms with Gasteiger partial charge in [-0.3, -0.25) is 0 Å². The minimum Gasteiger partial charge on any atom is -0.447 e. The highest BCUT2D eigenvalue weighted by atomic mass is 16.3. The van der Waals surface area contributed by atoms with Crippen molar-refractivity contribution in [2.75, 3.05) is 0 Å². The van der Waals surface area contributed by atoms with E-state index in [0.717, 1.165) is 5.69 Å². The lowest BCUT2D eigenvalue weighted by Crippen LogP contribution is -2.09. The normalized spacial score (nSPS) is 18.3. The van der Waals surface area contributed by atoms with Crippen LogP contribution in [0.15, 0.2) is 10.7 Å². The first-order valence-electron chi connectivity index (χ1n) is 4.04. The van der Waals surface area contributed by atoms with Crippen molar-refractivity contribution in [1.29, 1.82) is 0 Å². The number of oxazole rings is 1. The fourth-order valence-electron chi connectivity index (χ4n) is 1.31. The van der Waals surface area contributed by atoms with Gasteiger partial charge >= 0.3 is 0 Å². The molecule has 1 fully saturated rings. The number of aromatic nitrogens is 1. The van der Waals surface area contributed by atoms with Crippen LogP contribution in [0, 0.1) is 0 Å². The third kappa shape index (κ3) is 1.16. The van der Waals surface area contributed by atoms with Crippen LogP contribution in [0.5, 0.6) is 0 Å². The Morgan fingerprint density at radius 2 is 2.45 bits per heavy atom. The molecule has 3 heteroatoms. The molecule has 60 valence electrons. The van der Waals surface area contributed by atoms with E-state index in [0.29, 0.717) is 18.4 Å². The number of rotatable bonds is 2. The molecule has 2 N–H and O–H groups in total. The summed E-state index contributed by atoms with van der Waals surface area (Å²) in [5, 5.41) is 0. The molecular formula is C8H12N2O. The third-order valence-corrected chi connectivity index (χ3v) is 2.27. The van der Waals surface area contributed by atoms with Crippen molar-refractivity contribution in [3.8, 4) is 0 Å². The zero-order valence-electron chi connectivity index (χ0n) is 6.42. The molecule has 0 unspecified atom stereocenters. The average molecular weight is 152 g/mol. The highest BCUT2D eigenvalue weighted by molar-refractivity contribution is 5.07. The van der Waals surface area contributed by atoms with Crippen LogP contribution in [0.1, 0.15) is 36.8 Å². The van der Waals surface area contributed by atoms with Gasteiger partial charge in [0, 0.05) is 5.92 Å². The second-order valence-electron chi connectivity index (χ2n) is 3.00. The van der Waals surface area contributed by atoms with Crippen molar-refractivity contribution in [3.63, 3.8) is 0 Å². The Bertz CT molecular complexity index is 240. The predicted molar refractivity (Wildman–Crippen MR) is 41.0 cm³/mol. The molecule has 11 heavy (non-hydrogen) atoms. The summed E-state index contributed by atoms with van der Waals surface area (Å²) in [6.45, 7) is 0.409. The zero-order valence-corrected chi connectivity index (χ0v) is 6.42. The molecule has 0 aliphatic heterocycles. The van der Waals surface area contributed by atoms with Gasteiger partial charge in [-0.1, -0.05) is 6.42 Å². The average Bonchev–Trinajstić information content (AvgIpc) is 2.32. The molecule has 1 aliphatic rings. The molecule has 1 aromatic rings. The number of nitrogens with two attached hydrogens (primary N) is 1. The molecule has 0 atom stereocenters. The highest BCUT2D eigenvalue weighted by Gasteiger charge is 2.22. The van der Waals surface area contributed by atoms with Gasteiger partial charge in [0.25, 0.3) is 0 Å². The summed E-state index contributed by atoms with van der Waals surface area (Å²) in [5.41, 5.74) is 6.46. The van der Waals surface area contributed by atoms with Crippen LogP contribution in [-0.2, 0) is 6.54 Å². The van der Waals surface area contributed by atoms with Crippen LogP contribution in [0.4, 0.5) is 0 Å². The van der Waals surface area contributed by atoms with Crippen LogP contribution < -0.4 is 5.73 Å². The van der Waals surface area contributed by atoms with Crippen molar-refractivity contribution < 1.29 is 4.42 Å². The Balaban J connectivity index is 2.11. The quantitative estimate of drug-likeness (QED) is 0.696. The largest absolute Gasteiger partial charge is 0.447 e. The maximum absolute atomic E-state index is 5.37. The maximum atomic E-state index is 5.37. The standard InChI is InChI=1S/C8H12N2O/c9-4-8-10-7(5-11-8)6-2-1-3-6/h5-6H,1-4,9H2. The van der Waals surface area contributed by atoms with Gasteiger partial charge in [0.1, 0.15) is 6.26 Å². The van der Waals surface area contributed by atoms with Crippen molar-refractivity contribution in [1.82, 2.24) is 4.98 Å². The first-order chi connectivity index (χ1) is 5.40. The van der Waals surface area contributed by atoms with Gasteiger partial charge in [-0.05, 0) is 12.8 Å². The topological polar surface area (TPSA) is 52.0 Å². The maximum Gasteiger partial charge on any atom is 0.207 e. The van der Waals surface area contributed by atoms with Gasteiger partial charge in [0.15, 0.2) is 0 Å². The molecular weight excluding hydrogens is 140 g/mol. The number of hydrogen-bond donors (Lipinski definition) is 1. The first kappa shape index (κ1) is 6.85. The molecule has 3 nitrogen and oxygen atoms in total. The molecule has 2 rings (SSSR count). The van der Waals surface area contributed by atoms with Crippen LogP contribution in [0.25, 0.3) is 0 Å². The van der Waals surface area contributed by atoms with Gasteiger partial charge in [0.2, 0.25) is 5.89 Å². The molecule has 1 saturated carbocycles. The lowest BCUT2D eigenvalue weighted by Gasteiger charge is -2.22. The van der Waals surface area contributed by atoms with Crippen molar-refractivity contribution >= 4 is 0 Å². The lowest BCUT2D eigenvalue weighted by molar-refractivity contribution is 0.409. The molecule has 1 aromatic heterocycles. The van der Waals surface area contributed by atoms with E-state index in [2.05, 4.69) is 4.98 Å². The van der Waals surface area contributed by atoms with Gasteiger partial charge in [-0.25, -0.2) is 4.98 Å². The second-order valence-corrected chi connectivity index (χ2v) is 3.00. The van der Waals surface area contributed by atoms with E-state index in [4.69, 9.17) is 10.2 Å². The Kier molecular flexibility index (Phi) is 1.66. The SMILES string of the molecule is NCc1nc(C2CCC2)co1. The first-order valence-corrected chi connectivity index (χ1v) is 4.04. The van der Waals surface area contributed by atoms with Gasteiger partial charge in [-0.15, -0.1) is 0 Å². The van der Waals surface area contributed by atoms with E-state index in [1.807, 2.05) is 0 Å². The van der Waals surface area contributed by atoms with E-state index >= 15 is 0 Å². The summed E-state index contributed by atoms with van der Waals surface area (Å²) in [6.07, 6.45) is 5.59.